The predicted molar refractivity (Wildman–Crippen MR) is 262 cm³/mol. The Morgan fingerprint density at radius 2 is 0.629 bits per heavy atom. The topological polar surface area (TPSA) is 71.0 Å². The molecule has 0 spiro atoms. The first-order valence-corrected chi connectivity index (χ1v) is 25.3. The summed E-state index contributed by atoms with van der Waals surface area (Å²) in [6.45, 7) is 35.9. The van der Waals surface area contributed by atoms with Crippen LogP contribution >= 0.6 is 16.5 Å². The van der Waals surface area contributed by atoms with Crippen molar-refractivity contribution < 1.29 is 25.8 Å². The van der Waals surface area contributed by atoms with Crippen molar-refractivity contribution in [2.24, 2.45) is 11.8 Å². The molecule has 2 aliphatic rings. The van der Waals surface area contributed by atoms with Crippen molar-refractivity contribution in [3.63, 3.8) is 0 Å². The minimum atomic E-state index is -1.78. The first-order valence-electron chi connectivity index (χ1n) is 23.1. The molecule has 2 aliphatic carbocycles. The minimum absolute atomic E-state index is 0.0245. The lowest BCUT2D eigenvalue weighted by Gasteiger charge is -2.28. The SMILES string of the molecule is Cc1cc(C(C)(C)C)c2op(O[C@@H]3CCC[C@@H]3[C@H]3CCC[C@H]3Op3oc4c(C(C)(C)C)cc(C)cc4c4cc(C)cc(C(C)(C)C)c4o3)oc3c(C(C)(C)C)cc(C)cc3c2c1. The average Bonchev–Trinajstić information content (AvgIpc) is 3.73. The van der Waals surface area contributed by atoms with Crippen molar-refractivity contribution in [3.05, 3.63) is 93.0 Å². The zero-order valence-electron chi connectivity index (χ0n) is 40.5. The van der Waals surface area contributed by atoms with Crippen molar-refractivity contribution in [2.45, 2.75) is 183 Å². The van der Waals surface area contributed by atoms with Gasteiger partial charge in [-0.1, -0.05) is 120 Å². The van der Waals surface area contributed by atoms with Crippen LogP contribution < -0.4 is 9.05 Å². The van der Waals surface area contributed by atoms with Gasteiger partial charge in [-0.05, 0) is 133 Å². The Hall–Kier alpha value is -3.40. The highest BCUT2D eigenvalue weighted by molar-refractivity contribution is 7.32. The summed E-state index contributed by atoms with van der Waals surface area (Å²) in [4.78, 5) is 0. The number of hydrogen-bond acceptors (Lipinski definition) is 6. The summed E-state index contributed by atoms with van der Waals surface area (Å²) in [6.07, 6.45) is 6.23. The quantitative estimate of drug-likeness (QED) is 0.172. The van der Waals surface area contributed by atoms with Crippen LogP contribution in [0.3, 0.4) is 0 Å². The first-order chi connectivity index (χ1) is 28.9. The molecule has 8 heteroatoms. The van der Waals surface area contributed by atoms with Crippen LogP contribution in [0.15, 0.2) is 65.3 Å². The van der Waals surface area contributed by atoms with Crippen molar-refractivity contribution in [3.8, 4) is 0 Å². The maximum atomic E-state index is 7.25. The monoisotopic (exact) mass is 878 g/mol. The van der Waals surface area contributed by atoms with Crippen LogP contribution in [0.1, 0.15) is 166 Å². The van der Waals surface area contributed by atoms with Gasteiger partial charge in [-0.3, -0.25) is 9.05 Å². The molecule has 0 bridgehead atoms. The third-order valence-corrected chi connectivity index (χ3v) is 15.6. The Kier molecular flexibility index (Phi) is 11.8. The molecule has 6 nitrogen and oxygen atoms in total. The maximum absolute atomic E-state index is 7.25. The van der Waals surface area contributed by atoms with E-state index in [1.807, 2.05) is 0 Å². The molecule has 6 aromatic rings. The summed E-state index contributed by atoms with van der Waals surface area (Å²) in [7, 11) is -3.57. The van der Waals surface area contributed by atoms with E-state index < -0.39 is 16.5 Å². The summed E-state index contributed by atoms with van der Waals surface area (Å²) in [5, 5.41) is 4.35. The number of fused-ring (bicyclic) bond motifs is 6. The van der Waals surface area contributed by atoms with Crippen LogP contribution in [0, 0.1) is 39.5 Å². The second-order valence-corrected chi connectivity index (χ2v) is 25.1. The van der Waals surface area contributed by atoms with E-state index in [1.165, 1.54) is 44.5 Å². The molecular weight excluding hydrogens is 807 g/mol. The molecule has 8 rings (SSSR count). The van der Waals surface area contributed by atoms with Gasteiger partial charge in [0.1, 0.15) is 22.3 Å². The smallest absolute Gasteiger partial charge is 0.387 e. The standard InChI is InChI=1S/C54H72O6P2/c1-31-23-37-38-24-32(2)28-42(52(8,9)10)48(38)58-61(57-47(37)41(27-31)51(5,6)7)55-45-21-17-19-35(45)36-20-18-22-46(36)56-62-59-49-39(25-33(3)29-43(49)53(11,12)13)40-26-34(4)30-44(50(40)60-62)54(14,15)16/h23-30,35-36,45-46H,17-22H2,1-16H3/t35-,36-,45-,46-/m1/s1. The van der Waals surface area contributed by atoms with Gasteiger partial charge in [-0.2, -0.15) is 0 Å². The van der Waals surface area contributed by atoms with E-state index in [1.54, 1.807) is 0 Å². The highest BCUT2D eigenvalue weighted by atomic mass is 31.1. The van der Waals surface area contributed by atoms with E-state index in [4.69, 9.17) is 25.8 Å². The molecule has 2 saturated carbocycles. The summed E-state index contributed by atoms with van der Waals surface area (Å²) in [6, 6.07) is 18.2. The third kappa shape index (κ3) is 8.85. The lowest BCUT2D eigenvalue weighted by molar-refractivity contribution is 0.100. The van der Waals surface area contributed by atoms with Gasteiger partial charge in [0.2, 0.25) is 0 Å². The van der Waals surface area contributed by atoms with Gasteiger partial charge in [0, 0.05) is 43.8 Å². The highest BCUT2D eigenvalue weighted by Crippen LogP contribution is 2.50. The van der Waals surface area contributed by atoms with E-state index >= 15 is 0 Å². The largest absolute Gasteiger partial charge is 0.399 e. The van der Waals surface area contributed by atoms with E-state index in [2.05, 4.69) is 159 Å². The lowest BCUT2D eigenvalue weighted by Crippen LogP contribution is -2.33. The molecular formula is C54H72O6P2. The minimum Gasteiger partial charge on any atom is -0.399 e. The summed E-state index contributed by atoms with van der Waals surface area (Å²) >= 11 is 0. The fraction of sp³-hybridized carbons (Fsp3) is 0.556. The van der Waals surface area contributed by atoms with Gasteiger partial charge >= 0.3 is 16.5 Å². The van der Waals surface area contributed by atoms with Gasteiger partial charge < -0.3 is 16.8 Å². The van der Waals surface area contributed by atoms with E-state index in [0.29, 0.717) is 11.8 Å². The summed E-state index contributed by atoms with van der Waals surface area (Å²) in [5.74, 6) is 0.587. The Morgan fingerprint density at radius 1 is 0.387 bits per heavy atom. The van der Waals surface area contributed by atoms with Crippen LogP contribution in [0.5, 0.6) is 0 Å². The normalized spacial score (nSPS) is 20.3. The third-order valence-electron chi connectivity index (χ3n) is 13.4. The summed E-state index contributed by atoms with van der Waals surface area (Å²) < 4.78 is 42.9. The van der Waals surface area contributed by atoms with Crippen LogP contribution in [0.25, 0.3) is 43.9 Å². The molecule has 0 radical (unpaired) electrons. The van der Waals surface area contributed by atoms with Crippen LogP contribution in [-0.4, -0.2) is 12.2 Å². The first kappa shape index (κ1) is 45.2. The van der Waals surface area contributed by atoms with Gasteiger partial charge in [0.15, 0.2) is 0 Å². The second kappa shape index (κ2) is 16.2. The molecule has 2 aromatic heterocycles. The Morgan fingerprint density at radius 3 is 0.855 bits per heavy atom. The molecule has 0 saturated heterocycles. The Labute approximate surface area is 372 Å². The molecule has 2 fully saturated rings. The molecule has 0 unspecified atom stereocenters. The summed E-state index contributed by atoms with van der Waals surface area (Å²) in [5.41, 5.74) is 12.5. The fourth-order valence-corrected chi connectivity index (χ4v) is 12.9. The highest BCUT2D eigenvalue weighted by Gasteiger charge is 2.43. The lowest BCUT2D eigenvalue weighted by atomic mass is 9.83. The second-order valence-electron chi connectivity index (χ2n) is 23.0. The number of aryl methyl sites for hydroxylation is 4. The Bertz CT molecular complexity index is 2410. The zero-order chi connectivity index (χ0) is 44.8. The molecule has 2 heterocycles. The van der Waals surface area contributed by atoms with Gasteiger partial charge in [0.25, 0.3) is 0 Å². The molecule has 0 N–H and O–H groups in total. The average molecular weight is 879 g/mol. The molecule has 4 aromatic carbocycles. The van der Waals surface area contributed by atoms with Crippen molar-refractivity contribution >= 4 is 60.4 Å². The molecule has 0 amide bonds. The molecule has 0 aliphatic heterocycles. The zero-order valence-corrected chi connectivity index (χ0v) is 42.3. The molecule has 62 heavy (non-hydrogen) atoms. The molecule has 4 atom stereocenters. The van der Waals surface area contributed by atoms with E-state index in [9.17, 15) is 0 Å². The maximum Gasteiger partial charge on any atom is 0.387 e. The van der Waals surface area contributed by atoms with E-state index in [-0.39, 0.29) is 33.9 Å². The van der Waals surface area contributed by atoms with Gasteiger partial charge in [-0.25, -0.2) is 0 Å². The van der Waals surface area contributed by atoms with Gasteiger partial charge in [0.05, 0.1) is 12.2 Å². The van der Waals surface area contributed by atoms with Crippen molar-refractivity contribution in [1.29, 1.82) is 0 Å². The molecule has 334 valence electrons. The number of benzene rings is 4. The van der Waals surface area contributed by atoms with Crippen molar-refractivity contribution in [2.75, 3.05) is 0 Å². The number of hydrogen-bond donors (Lipinski definition) is 0. The van der Waals surface area contributed by atoms with Crippen LogP contribution in [0.2, 0.25) is 0 Å². The Balaban J connectivity index is 1.24. The van der Waals surface area contributed by atoms with E-state index in [0.717, 1.165) is 82.4 Å². The number of rotatable bonds is 5. The van der Waals surface area contributed by atoms with Crippen LogP contribution in [0.4, 0.5) is 0 Å². The van der Waals surface area contributed by atoms with Crippen molar-refractivity contribution in [1.82, 2.24) is 0 Å². The van der Waals surface area contributed by atoms with Crippen LogP contribution in [-0.2, 0) is 21.7 Å². The predicted octanol–water partition coefficient (Wildman–Crippen LogP) is 17.2. The van der Waals surface area contributed by atoms with Gasteiger partial charge in [-0.15, -0.1) is 0 Å². The fourth-order valence-electron chi connectivity index (χ4n) is 10.3.